The summed E-state index contributed by atoms with van der Waals surface area (Å²) >= 11 is 0. The van der Waals surface area contributed by atoms with Gasteiger partial charge in [-0.25, -0.2) is 18.4 Å². The van der Waals surface area contributed by atoms with E-state index < -0.39 is 11.9 Å². The second-order valence-electron chi connectivity index (χ2n) is 10.2. The van der Waals surface area contributed by atoms with Gasteiger partial charge in [0.25, 0.3) is 5.91 Å². The standard InChI is InChI=1S/C29H29F2N3O3.C4H4O4/c1-20(35)32-26-10-4-23(5-11-26)29(37)34(27-12-8-25(31)9-13-27)19-18-33-16-14-22(15-17-33)28(36)21-2-6-24(30)7-3-21;5-3(6)1-2-4(7)8/h2-13,22H,14-19H2,1H3,(H,32,35);1-2H,(H,5,6)(H,7,8)/b;2-1+. The number of hydrogen-bond acceptors (Lipinski definition) is 6. The highest BCUT2D eigenvalue weighted by atomic mass is 19.1. The van der Waals surface area contributed by atoms with Gasteiger partial charge >= 0.3 is 11.9 Å². The monoisotopic (exact) mass is 621 g/mol. The quantitative estimate of drug-likeness (QED) is 0.215. The molecule has 0 radical (unpaired) electrons. The van der Waals surface area contributed by atoms with Crippen LogP contribution in [0, 0.1) is 17.6 Å². The smallest absolute Gasteiger partial charge is 0.328 e. The van der Waals surface area contributed by atoms with Gasteiger partial charge in [0, 0.05) is 60.6 Å². The third-order valence-corrected chi connectivity index (χ3v) is 6.93. The van der Waals surface area contributed by atoms with Crippen LogP contribution in [-0.4, -0.2) is 70.8 Å². The second-order valence-corrected chi connectivity index (χ2v) is 10.2. The van der Waals surface area contributed by atoms with Gasteiger partial charge in [-0.15, -0.1) is 0 Å². The van der Waals surface area contributed by atoms with E-state index in [4.69, 9.17) is 10.2 Å². The molecular formula is C33H33F2N3O7. The number of amides is 2. The zero-order valence-corrected chi connectivity index (χ0v) is 24.5. The maximum Gasteiger partial charge on any atom is 0.328 e. The number of halogens is 2. The highest BCUT2D eigenvalue weighted by Gasteiger charge is 2.27. The summed E-state index contributed by atoms with van der Waals surface area (Å²) in [6.07, 6.45) is 2.49. The largest absolute Gasteiger partial charge is 0.478 e. The molecule has 4 rings (SSSR count). The topological polar surface area (TPSA) is 144 Å². The van der Waals surface area contributed by atoms with Gasteiger partial charge in [0.1, 0.15) is 11.6 Å². The average molecular weight is 622 g/mol. The molecule has 1 fully saturated rings. The van der Waals surface area contributed by atoms with Gasteiger partial charge in [-0.1, -0.05) is 0 Å². The number of piperidine rings is 1. The molecule has 0 saturated carbocycles. The van der Waals surface area contributed by atoms with Crippen molar-refractivity contribution in [2.75, 3.05) is 36.4 Å². The number of aliphatic carboxylic acids is 2. The minimum atomic E-state index is -1.26. The van der Waals surface area contributed by atoms with Gasteiger partial charge in [0.15, 0.2) is 5.78 Å². The van der Waals surface area contributed by atoms with E-state index in [-0.39, 0.29) is 35.1 Å². The number of carbonyl (C=O) groups excluding carboxylic acids is 3. The fourth-order valence-electron chi connectivity index (χ4n) is 4.68. The molecule has 236 valence electrons. The van der Waals surface area contributed by atoms with Crippen molar-refractivity contribution in [3.63, 3.8) is 0 Å². The predicted octanol–water partition coefficient (Wildman–Crippen LogP) is 4.88. The Bertz CT molecular complexity index is 1500. The Morgan fingerprint density at radius 3 is 1.78 bits per heavy atom. The van der Waals surface area contributed by atoms with Crippen molar-refractivity contribution < 1.29 is 43.0 Å². The zero-order chi connectivity index (χ0) is 32.9. The highest BCUT2D eigenvalue weighted by molar-refractivity contribution is 6.06. The Balaban J connectivity index is 0.000000610. The van der Waals surface area contributed by atoms with Crippen LogP contribution in [0.25, 0.3) is 0 Å². The number of Topliss-reactive ketones (excluding diaryl/α,β-unsaturated/α-hetero) is 1. The van der Waals surface area contributed by atoms with E-state index >= 15 is 0 Å². The molecule has 3 aromatic carbocycles. The molecule has 10 nitrogen and oxygen atoms in total. The van der Waals surface area contributed by atoms with Gasteiger partial charge in [0.05, 0.1) is 0 Å². The molecule has 1 aliphatic rings. The Hall–Kier alpha value is -5.23. The number of likely N-dealkylation sites (tertiary alicyclic amines) is 1. The van der Waals surface area contributed by atoms with Crippen molar-refractivity contribution in [3.8, 4) is 0 Å². The lowest BCUT2D eigenvalue weighted by molar-refractivity contribution is -0.134. The summed E-state index contributed by atoms with van der Waals surface area (Å²) in [5, 5.41) is 18.3. The molecule has 1 saturated heterocycles. The van der Waals surface area contributed by atoms with Gasteiger partial charge in [-0.2, -0.15) is 0 Å². The fourth-order valence-corrected chi connectivity index (χ4v) is 4.68. The van der Waals surface area contributed by atoms with Crippen molar-refractivity contribution >= 4 is 40.9 Å². The lowest BCUT2D eigenvalue weighted by Gasteiger charge is -2.33. The molecule has 1 aliphatic heterocycles. The molecule has 0 spiro atoms. The maximum absolute atomic E-state index is 13.6. The van der Waals surface area contributed by atoms with Crippen molar-refractivity contribution in [1.82, 2.24) is 4.90 Å². The van der Waals surface area contributed by atoms with Crippen LogP contribution in [-0.2, 0) is 14.4 Å². The number of hydrogen-bond donors (Lipinski definition) is 3. The van der Waals surface area contributed by atoms with Crippen LogP contribution in [0.15, 0.2) is 84.9 Å². The Kier molecular flexibility index (Phi) is 12.6. The number of anilines is 2. The number of carbonyl (C=O) groups is 5. The van der Waals surface area contributed by atoms with E-state index in [2.05, 4.69) is 10.2 Å². The highest BCUT2D eigenvalue weighted by Crippen LogP contribution is 2.23. The maximum atomic E-state index is 13.6. The minimum Gasteiger partial charge on any atom is -0.478 e. The number of carboxylic acid groups (broad SMARTS) is 2. The molecule has 0 atom stereocenters. The number of ketones is 1. The molecular weight excluding hydrogens is 588 g/mol. The van der Waals surface area contributed by atoms with E-state index in [9.17, 15) is 32.8 Å². The molecule has 1 heterocycles. The van der Waals surface area contributed by atoms with Crippen molar-refractivity contribution in [2.45, 2.75) is 19.8 Å². The van der Waals surface area contributed by atoms with E-state index in [0.29, 0.717) is 73.7 Å². The SMILES string of the molecule is CC(=O)Nc1ccc(C(=O)N(CCN2CCC(C(=O)c3ccc(F)cc3)CC2)c2ccc(F)cc2)cc1.O=C(O)/C=C/C(=O)O. The number of nitrogens with one attached hydrogen (secondary N) is 1. The van der Waals surface area contributed by atoms with Crippen LogP contribution in [0.5, 0.6) is 0 Å². The number of nitrogens with zero attached hydrogens (tertiary/aromatic N) is 2. The van der Waals surface area contributed by atoms with E-state index in [1.807, 2.05) is 0 Å². The summed E-state index contributed by atoms with van der Waals surface area (Å²) in [5.41, 5.74) is 2.15. The molecule has 0 aliphatic carbocycles. The number of benzene rings is 3. The molecule has 3 aromatic rings. The second kappa shape index (κ2) is 16.6. The van der Waals surface area contributed by atoms with Gasteiger partial charge in [0.2, 0.25) is 5.91 Å². The van der Waals surface area contributed by atoms with Crippen LogP contribution in [0.2, 0.25) is 0 Å². The van der Waals surface area contributed by atoms with Crippen LogP contribution in [0.3, 0.4) is 0 Å². The molecule has 3 N–H and O–H groups in total. The van der Waals surface area contributed by atoms with Crippen molar-refractivity contribution in [1.29, 1.82) is 0 Å². The summed E-state index contributed by atoms with van der Waals surface area (Å²) in [6, 6.07) is 18.1. The summed E-state index contributed by atoms with van der Waals surface area (Å²) < 4.78 is 26.7. The average Bonchev–Trinajstić information content (AvgIpc) is 3.01. The molecule has 0 aromatic heterocycles. The predicted molar refractivity (Wildman–Crippen MR) is 163 cm³/mol. The van der Waals surface area contributed by atoms with Crippen LogP contribution in [0.1, 0.15) is 40.5 Å². The summed E-state index contributed by atoms with van der Waals surface area (Å²) in [6.45, 7) is 3.79. The van der Waals surface area contributed by atoms with Gasteiger partial charge in [-0.3, -0.25) is 14.4 Å². The Labute approximate surface area is 258 Å². The summed E-state index contributed by atoms with van der Waals surface area (Å²) in [5.74, 6) is -3.78. The van der Waals surface area contributed by atoms with Crippen molar-refractivity contribution in [3.05, 3.63) is 108 Å². The first-order valence-electron chi connectivity index (χ1n) is 14.0. The first-order valence-corrected chi connectivity index (χ1v) is 14.0. The third-order valence-electron chi connectivity index (χ3n) is 6.93. The Morgan fingerprint density at radius 2 is 1.29 bits per heavy atom. The Morgan fingerprint density at radius 1 is 0.800 bits per heavy atom. The summed E-state index contributed by atoms with van der Waals surface area (Å²) in [7, 11) is 0. The molecule has 45 heavy (non-hydrogen) atoms. The molecule has 0 bridgehead atoms. The fraction of sp³-hybridized carbons (Fsp3) is 0.242. The normalized spacial score (nSPS) is 13.4. The van der Waals surface area contributed by atoms with Gasteiger partial charge in [-0.05, 0) is 98.7 Å². The van der Waals surface area contributed by atoms with E-state index in [1.165, 1.54) is 43.3 Å². The van der Waals surface area contributed by atoms with Crippen LogP contribution in [0.4, 0.5) is 20.2 Å². The van der Waals surface area contributed by atoms with Crippen LogP contribution >= 0.6 is 0 Å². The van der Waals surface area contributed by atoms with Gasteiger partial charge < -0.3 is 25.3 Å². The number of carboxylic acids is 2. The number of rotatable bonds is 10. The zero-order valence-electron chi connectivity index (χ0n) is 24.5. The molecule has 12 heteroatoms. The lowest BCUT2D eigenvalue weighted by Crippen LogP contribution is -2.42. The minimum absolute atomic E-state index is 0.0328. The first kappa shape index (κ1) is 34.3. The summed E-state index contributed by atoms with van der Waals surface area (Å²) in [4.78, 5) is 60.4. The van der Waals surface area contributed by atoms with E-state index in [1.54, 1.807) is 41.3 Å². The molecule has 0 unspecified atom stereocenters. The van der Waals surface area contributed by atoms with Crippen LogP contribution < -0.4 is 10.2 Å². The lowest BCUT2D eigenvalue weighted by atomic mass is 9.89. The third kappa shape index (κ3) is 11.1. The first-order chi connectivity index (χ1) is 21.4. The van der Waals surface area contributed by atoms with E-state index in [0.717, 1.165) is 0 Å². The molecule has 2 amide bonds. The van der Waals surface area contributed by atoms with Crippen molar-refractivity contribution in [2.24, 2.45) is 5.92 Å².